The molecule has 17 heavy (non-hydrogen) atoms. The quantitative estimate of drug-likeness (QED) is 0.811. The van der Waals surface area contributed by atoms with Crippen molar-refractivity contribution < 1.29 is 0 Å². The maximum absolute atomic E-state index is 6.06. The van der Waals surface area contributed by atoms with Gasteiger partial charge in [-0.3, -0.25) is 0 Å². The number of nitrogens with zero attached hydrogens (tertiary/aromatic N) is 2. The van der Waals surface area contributed by atoms with Gasteiger partial charge in [-0.05, 0) is 19.3 Å². The predicted molar refractivity (Wildman–Crippen MR) is 67.3 cm³/mol. The molecule has 0 radical (unpaired) electrons. The third kappa shape index (κ3) is 1.94. The average Bonchev–Trinajstić information content (AvgIpc) is 2.40. The fourth-order valence-electron chi connectivity index (χ4n) is 2.31. The van der Waals surface area contributed by atoms with Crippen LogP contribution in [0.25, 0.3) is 11.4 Å². The van der Waals surface area contributed by atoms with Gasteiger partial charge in [0.1, 0.15) is 0 Å². The fourth-order valence-corrected chi connectivity index (χ4v) is 2.31. The van der Waals surface area contributed by atoms with Crippen LogP contribution < -0.4 is 5.73 Å². The smallest absolute Gasteiger partial charge is 0.159 e. The lowest BCUT2D eigenvalue weighted by molar-refractivity contribution is 0.557. The maximum Gasteiger partial charge on any atom is 0.159 e. The third-order valence-electron chi connectivity index (χ3n) is 3.26. The topological polar surface area (TPSA) is 51.8 Å². The number of benzene rings is 1. The monoisotopic (exact) mass is 225 g/mol. The molecule has 1 aromatic carbocycles. The van der Waals surface area contributed by atoms with Gasteiger partial charge in [-0.2, -0.15) is 0 Å². The van der Waals surface area contributed by atoms with Gasteiger partial charge in [0.25, 0.3) is 0 Å². The minimum absolute atomic E-state index is 0.114. The Bertz CT molecular complexity index is 522. The predicted octanol–water partition coefficient (Wildman–Crippen LogP) is 2.48. The minimum Gasteiger partial charge on any atom is -0.324 e. The molecule has 0 saturated carbocycles. The van der Waals surface area contributed by atoms with Gasteiger partial charge in [-0.1, -0.05) is 30.3 Å². The van der Waals surface area contributed by atoms with Crippen molar-refractivity contribution in [3.05, 3.63) is 47.8 Å². The van der Waals surface area contributed by atoms with E-state index in [4.69, 9.17) is 5.73 Å². The minimum atomic E-state index is 0.114. The highest BCUT2D eigenvalue weighted by Crippen LogP contribution is 2.27. The Morgan fingerprint density at radius 2 is 2.00 bits per heavy atom. The first kappa shape index (κ1) is 10.4. The molecule has 0 bridgehead atoms. The maximum atomic E-state index is 6.06. The number of hydrogen-bond acceptors (Lipinski definition) is 3. The SMILES string of the molecule is NC1CCCc2nc(-c3ccccc3)ncc21. The van der Waals surface area contributed by atoms with E-state index >= 15 is 0 Å². The molecule has 0 saturated heterocycles. The van der Waals surface area contributed by atoms with E-state index in [1.807, 2.05) is 36.5 Å². The second-order valence-corrected chi connectivity index (χ2v) is 4.46. The molecular weight excluding hydrogens is 210 g/mol. The number of nitrogens with two attached hydrogens (primary N) is 1. The normalized spacial score (nSPS) is 18.8. The van der Waals surface area contributed by atoms with Crippen LogP contribution in [0.3, 0.4) is 0 Å². The van der Waals surface area contributed by atoms with Crippen molar-refractivity contribution in [3.63, 3.8) is 0 Å². The summed E-state index contributed by atoms with van der Waals surface area (Å²) in [5.41, 5.74) is 9.36. The standard InChI is InChI=1S/C14H15N3/c15-12-7-4-8-13-11(12)9-16-14(17-13)10-5-2-1-3-6-10/h1-3,5-6,9,12H,4,7-8,15H2. The Balaban J connectivity index is 2.04. The van der Waals surface area contributed by atoms with Crippen LogP contribution in [-0.2, 0) is 6.42 Å². The van der Waals surface area contributed by atoms with Crippen LogP contribution in [0.15, 0.2) is 36.5 Å². The van der Waals surface area contributed by atoms with Gasteiger partial charge in [-0.15, -0.1) is 0 Å². The van der Waals surface area contributed by atoms with Gasteiger partial charge >= 0.3 is 0 Å². The number of aromatic nitrogens is 2. The third-order valence-corrected chi connectivity index (χ3v) is 3.26. The van der Waals surface area contributed by atoms with E-state index in [0.29, 0.717) is 0 Å². The van der Waals surface area contributed by atoms with E-state index in [-0.39, 0.29) is 6.04 Å². The molecule has 3 nitrogen and oxygen atoms in total. The molecule has 3 rings (SSSR count). The van der Waals surface area contributed by atoms with E-state index < -0.39 is 0 Å². The molecular formula is C14H15N3. The van der Waals surface area contributed by atoms with E-state index in [2.05, 4.69) is 9.97 Å². The number of aryl methyl sites for hydroxylation is 1. The van der Waals surface area contributed by atoms with Gasteiger partial charge in [0.15, 0.2) is 5.82 Å². The highest BCUT2D eigenvalue weighted by atomic mass is 14.9. The molecule has 0 fully saturated rings. The fraction of sp³-hybridized carbons (Fsp3) is 0.286. The van der Waals surface area contributed by atoms with Crippen LogP contribution in [0.4, 0.5) is 0 Å². The average molecular weight is 225 g/mol. The van der Waals surface area contributed by atoms with Crippen LogP contribution in [0.2, 0.25) is 0 Å². The molecule has 1 aromatic heterocycles. The molecule has 86 valence electrons. The summed E-state index contributed by atoms with van der Waals surface area (Å²) < 4.78 is 0. The zero-order valence-electron chi connectivity index (χ0n) is 9.63. The number of hydrogen-bond donors (Lipinski definition) is 1. The van der Waals surface area contributed by atoms with Crippen molar-refractivity contribution in [1.82, 2.24) is 9.97 Å². The van der Waals surface area contributed by atoms with E-state index in [1.165, 1.54) is 0 Å². The lowest BCUT2D eigenvalue weighted by Gasteiger charge is -2.20. The molecule has 1 atom stereocenters. The molecule has 2 aromatic rings. The summed E-state index contributed by atoms with van der Waals surface area (Å²) in [6, 6.07) is 10.2. The Morgan fingerprint density at radius 3 is 2.82 bits per heavy atom. The van der Waals surface area contributed by atoms with Crippen LogP contribution in [-0.4, -0.2) is 9.97 Å². The van der Waals surface area contributed by atoms with Gasteiger partial charge in [0.05, 0.1) is 0 Å². The zero-order chi connectivity index (χ0) is 11.7. The largest absolute Gasteiger partial charge is 0.324 e. The van der Waals surface area contributed by atoms with Crippen molar-refractivity contribution >= 4 is 0 Å². The van der Waals surface area contributed by atoms with Crippen LogP contribution in [0, 0.1) is 0 Å². The molecule has 1 unspecified atom stereocenters. The molecule has 3 heteroatoms. The molecule has 0 amide bonds. The van der Waals surface area contributed by atoms with E-state index in [1.54, 1.807) is 0 Å². The summed E-state index contributed by atoms with van der Waals surface area (Å²) in [6.07, 6.45) is 5.08. The lowest BCUT2D eigenvalue weighted by Crippen LogP contribution is -2.19. The Morgan fingerprint density at radius 1 is 1.18 bits per heavy atom. The van der Waals surface area contributed by atoms with Crippen molar-refractivity contribution in [2.75, 3.05) is 0 Å². The van der Waals surface area contributed by atoms with Gasteiger partial charge in [0, 0.05) is 29.1 Å². The summed E-state index contributed by atoms with van der Waals surface area (Å²) in [5.74, 6) is 0.804. The number of fused-ring (bicyclic) bond motifs is 1. The second-order valence-electron chi connectivity index (χ2n) is 4.46. The molecule has 1 heterocycles. The van der Waals surface area contributed by atoms with E-state index in [9.17, 15) is 0 Å². The summed E-state index contributed by atoms with van der Waals surface area (Å²) in [4.78, 5) is 9.06. The lowest BCUT2D eigenvalue weighted by atomic mass is 9.93. The Hall–Kier alpha value is -1.74. The highest BCUT2D eigenvalue weighted by Gasteiger charge is 2.19. The van der Waals surface area contributed by atoms with Crippen molar-refractivity contribution in [2.24, 2.45) is 5.73 Å². The first-order valence-electron chi connectivity index (χ1n) is 6.01. The molecule has 0 spiro atoms. The first-order chi connectivity index (χ1) is 8.34. The van der Waals surface area contributed by atoms with Crippen LogP contribution in [0.5, 0.6) is 0 Å². The summed E-state index contributed by atoms with van der Waals surface area (Å²) in [6.45, 7) is 0. The summed E-state index contributed by atoms with van der Waals surface area (Å²) in [5, 5.41) is 0. The highest BCUT2D eigenvalue weighted by molar-refractivity contribution is 5.54. The second kappa shape index (κ2) is 4.26. The van der Waals surface area contributed by atoms with Gasteiger partial charge < -0.3 is 5.73 Å². The number of rotatable bonds is 1. The van der Waals surface area contributed by atoms with Crippen LogP contribution in [0.1, 0.15) is 30.1 Å². The Labute approximate surface area is 101 Å². The molecule has 1 aliphatic carbocycles. The molecule has 2 N–H and O–H groups in total. The molecule has 0 aliphatic heterocycles. The first-order valence-corrected chi connectivity index (χ1v) is 6.01. The van der Waals surface area contributed by atoms with Crippen molar-refractivity contribution in [3.8, 4) is 11.4 Å². The van der Waals surface area contributed by atoms with Gasteiger partial charge in [-0.25, -0.2) is 9.97 Å². The van der Waals surface area contributed by atoms with Crippen molar-refractivity contribution in [1.29, 1.82) is 0 Å². The summed E-state index contributed by atoms with van der Waals surface area (Å²) in [7, 11) is 0. The Kier molecular flexibility index (Phi) is 2.61. The van der Waals surface area contributed by atoms with E-state index in [0.717, 1.165) is 41.9 Å². The van der Waals surface area contributed by atoms with Crippen LogP contribution >= 0.6 is 0 Å². The van der Waals surface area contributed by atoms with Crippen molar-refractivity contribution in [2.45, 2.75) is 25.3 Å². The zero-order valence-corrected chi connectivity index (χ0v) is 9.63. The molecule has 1 aliphatic rings. The summed E-state index contributed by atoms with van der Waals surface area (Å²) >= 11 is 0. The van der Waals surface area contributed by atoms with Gasteiger partial charge in [0.2, 0.25) is 0 Å².